The predicted octanol–water partition coefficient (Wildman–Crippen LogP) is 4.15. The number of nitrogens with one attached hydrogen (secondary N) is 1. The topological polar surface area (TPSA) is 24.9 Å². The molecule has 0 amide bonds. The second kappa shape index (κ2) is 6.16. The molecule has 2 heterocycles. The van der Waals surface area contributed by atoms with Crippen LogP contribution >= 0.6 is 11.3 Å². The van der Waals surface area contributed by atoms with Crippen molar-refractivity contribution in [1.29, 1.82) is 0 Å². The molecular formula is C17H18N2S. The van der Waals surface area contributed by atoms with Crippen LogP contribution in [0.15, 0.2) is 48.1 Å². The highest BCUT2D eigenvalue weighted by Gasteiger charge is 2.03. The summed E-state index contributed by atoms with van der Waals surface area (Å²) in [5.74, 6) is 0. The highest BCUT2D eigenvalue weighted by atomic mass is 32.1. The zero-order chi connectivity index (χ0) is 13.8. The zero-order valence-corrected chi connectivity index (χ0v) is 12.4. The number of hydrogen-bond acceptors (Lipinski definition) is 3. The highest BCUT2D eigenvalue weighted by Crippen LogP contribution is 2.19. The van der Waals surface area contributed by atoms with Gasteiger partial charge in [0, 0.05) is 35.7 Å². The summed E-state index contributed by atoms with van der Waals surface area (Å²) in [5.41, 5.74) is 2.80. The Balaban J connectivity index is 1.71. The molecule has 1 aromatic carbocycles. The average Bonchev–Trinajstić information content (AvgIpc) is 2.95. The number of rotatable bonds is 5. The van der Waals surface area contributed by atoms with Crippen LogP contribution in [0, 0.1) is 0 Å². The van der Waals surface area contributed by atoms with E-state index >= 15 is 0 Å². The van der Waals surface area contributed by atoms with E-state index in [1.165, 1.54) is 26.8 Å². The fourth-order valence-corrected chi connectivity index (χ4v) is 3.44. The summed E-state index contributed by atoms with van der Waals surface area (Å²) >= 11 is 1.84. The number of aromatic nitrogens is 1. The lowest BCUT2D eigenvalue weighted by Gasteiger charge is -2.08. The van der Waals surface area contributed by atoms with Crippen molar-refractivity contribution in [3.05, 3.63) is 64.1 Å². The van der Waals surface area contributed by atoms with E-state index in [-0.39, 0.29) is 0 Å². The summed E-state index contributed by atoms with van der Waals surface area (Å²) in [7, 11) is 0. The van der Waals surface area contributed by atoms with Gasteiger partial charge in [0.1, 0.15) is 0 Å². The smallest absolute Gasteiger partial charge is 0.0346 e. The molecule has 0 atom stereocenters. The molecular weight excluding hydrogens is 264 g/mol. The van der Waals surface area contributed by atoms with Crippen LogP contribution in [0.5, 0.6) is 0 Å². The minimum atomic E-state index is 0.891. The molecule has 3 heteroatoms. The molecule has 2 aromatic heterocycles. The molecule has 2 nitrogen and oxygen atoms in total. The Bertz CT molecular complexity index is 698. The van der Waals surface area contributed by atoms with Gasteiger partial charge in [-0.15, -0.1) is 11.3 Å². The van der Waals surface area contributed by atoms with E-state index < -0.39 is 0 Å². The Labute approximate surface area is 123 Å². The van der Waals surface area contributed by atoms with E-state index in [1.807, 2.05) is 23.7 Å². The Kier molecular flexibility index (Phi) is 4.09. The van der Waals surface area contributed by atoms with Gasteiger partial charge < -0.3 is 5.32 Å². The first-order chi connectivity index (χ1) is 9.88. The van der Waals surface area contributed by atoms with E-state index in [0.717, 1.165) is 19.5 Å². The third-order valence-electron chi connectivity index (χ3n) is 3.59. The molecule has 0 saturated heterocycles. The molecule has 3 rings (SSSR count). The van der Waals surface area contributed by atoms with Crippen LogP contribution in [0.4, 0.5) is 0 Å². The lowest BCUT2D eigenvalue weighted by atomic mass is 10.1. The first-order valence-corrected chi connectivity index (χ1v) is 7.84. The summed E-state index contributed by atoms with van der Waals surface area (Å²) in [6.07, 6.45) is 4.90. The molecule has 102 valence electrons. The van der Waals surface area contributed by atoms with Crippen LogP contribution in [-0.2, 0) is 19.5 Å². The molecule has 0 aliphatic heterocycles. The van der Waals surface area contributed by atoms with E-state index in [0.29, 0.717) is 0 Å². The number of hydrogen-bond donors (Lipinski definition) is 1. The maximum absolute atomic E-state index is 4.18. The summed E-state index contributed by atoms with van der Waals surface area (Å²) in [6.45, 7) is 4.05. The summed E-state index contributed by atoms with van der Waals surface area (Å²) < 4.78 is 0. The molecule has 0 saturated carbocycles. The predicted molar refractivity (Wildman–Crippen MR) is 86.0 cm³/mol. The third kappa shape index (κ3) is 2.74. The van der Waals surface area contributed by atoms with Crippen LogP contribution < -0.4 is 5.32 Å². The second-order valence-corrected chi connectivity index (χ2v) is 5.84. The van der Waals surface area contributed by atoms with Gasteiger partial charge in [0.05, 0.1) is 0 Å². The number of fused-ring (bicyclic) bond motifs is 1. The lowest BCUT2D eigenvalue weighted by molar-refractivity contribution is 0.700. The van der Waals surface area contributed by atoms with E-state index in [9.17, 15) is 0 Å². The Morgan fingerprint density at radius 2 is 2.05 bits per heavy atom. The molecule has 20 heavy (non-hydrogen) atoms. The van der Waals surface area contributed by atoms with Gasteiger partial charge in [0.25, 0.3) is 0 Å². The monoisotopic (exact) mass is 282 g/mol. The Morgan fingerprint density at radius 1 is 1.10 bits per heavy atom. The number of benzene rings is 1. The van der Waals surface area contributed by atoms with Gasteiger partial charge in [0.15, 0.2) is 0 Å². The molecule has 0 fully saturated rings. The molecule has 1 N–H and O–H groups in total. The van der Waals surface area contributed by atoms with Crippen molar-refractivity contribution in [2.75, 3.05) is 0 Å². The van der Waals surface area contributed by atoms with Gasteiger partial charge in [0.2, 0.25) is 0 Å². The summed E-state index contributed by atoms with van der Waals surface area (Å²) in [5, 5.41) is 8.24. The maximum atomic E-state index is 4.18. The largest absolute Gasteiger partial charge is 0.308 e. The minimum Gasteiger partial charge on any atom is -0.308 e. The van der Waals surface area contributed by atoms with Crippen molar-refractivity contribution < 1.29 is 0 Å². The zero-order valence-electron chi connectivity index (χ0n) is 11.6. The van der Waals surface area contributed by atoms with Gasteiger partial charge >= 0.3 is 0 Å². The number of aryl methyl sites for hydroxylation is 1. The summed E-state index contributed by atoms with van der Waals surface area (Å²) in [4.78, 5) is 5.63. The molecule has 0 aliphatic rings. The van der Waals surface area contributed by atoms with Crippen LogP contribution in [-0.4, -0.2) is 4.98 Å². The molecule has 0 unspecified atom stereocenters. The quantitative estimate of drug-likeness (QED) is 0.760. The summed E-state index contributed by atoms with van der Waals surface area (Å²) in [6, 6.07) is 10.7. The van der Waals surface area contributed by atoms with E-state index in [4.69, 9.17) is 0 Å². The van der Waals surface area contributed by atoms with Crippen molar-refractivity contribution in [2.24, 2.45) is 0 Å². The van der Waals surface area contributed by atoms with Crippen molar-refractivity contribution in [3.63, 3.8) is 0 Å². The van der Waals surface area contributed by atoms with Gasteiger partial charge in [-0.1, -0.05) is 25.1 Å². The first-order valence-electron chi connectivity index (χ1n) is 6.96. The van der Waals surface area contributed by atoms with Crippen molar-refractivity contribution >= 4 is 22.1 Å². The van der Waals surface area contributed by atoms with Gasteiger partial charge in [-0.3, -0.25) is 4.98 Å². The SMILES string of the molecule is CCc1ccsc1CNCc1cccc2cnccc12. The molecule has 3 aromatic rings. The molecule has 0 spiro atoms. The van der Waals surface area contributed by atoms with Gasteiger partial charge in [-0.25, -0.2) is 0 Å². The minimum absolute atomic E-state index is 0.891. The highest BCUT2D eigenvalue weighted by molar-refractivity contribution is 7.10. The number of thiophene rings is 1. The van der Waals surface area contributed by atoms with E-state index in [1.54, 1.807) is 0 Å². The number of nitrogens with zero attached hydrogens (tertiary/aromatic N) is 1. The van der Waals surface area contributed by atoms with Gasteiger partial charge in [-0.2, -0.15) is 0 Å². The van der Waals surface area contributed by atoms with Crippen LogP contribution in [0.25, 0.3) is 10.8 Å². The third-order valence-corrected chi connectivity index (χ3v) is 4.55. The van der Waals surface area contributed by atoms with Crippen LogP contribution in [0.2, 0.25) is 0 Å². The first kappa shape index (κ1) is 13.3. The molecule has 0 radical (unpaired) electrons. The van der Waals surface area contributed by atoms with Crippen molar-refractivity contribution in [1.82, 2.24) is 10.3 Å². The van der Waals surface area contributed by atoms with Crippen LogP contribution in [0.3, 0.4) is 0 Å². The molecule has 0 aliphatic carbocycles. The standard InChI is InChI=1S/C17H18N2S/c1-2-13-7-9-20-17(13)12-19-11-15-5-3-4-14-10-18-8-6-16(14)15/h3-10,19H,2,11-12H2,1H3. The Morgan fingerprint density at radius 3 is 2.95 bits per heavy atom. The fraction of sp³-hybridized carbons (Fsp3) is 0.235. The second-order valence-electron chi connectivity index (χ2n) is 4.84. The van der Waals surface area contributed by atoms with Crippen molar-refractivity contribution in [3.8, 4) is 0 Å². The fourth-order valence-electron chi connectivity index (χ4n) is 2.49. The normalized spacial score (nSPS) is 11.1. The Hall–Kier alpha value is -1.71. The van der Waals surface area contributed by atoms with Crippen LogP contribution in [0.1, 0.15) is 22.9 Å². The average molecular weight is 282 g/mol. The van der Waals surface area contributed by atoms with E-state index in [2.05, 4.69) is 52.9 Å². The molecule has 0 bridgehead atoms. The van der Waals surface area contributed by atoms with Crippen molar-refractivity contribution in [2.45, 2.75) is 26.4 Å². The lowest BCUT2D eigenvalue weighted by Crippen LogP contribution is -2.13. The number of pyridine rings is 1. The maximum Gasteiger partial charge on any atom is 0.0346 e. The van der Waals surface area contributed by atoms with Gasteiger partial charge in [-0.05, 0) is 40.4 Å².